The van der Waals surface area contributed by atoms with Crippen molar-refractivity contribution >= 4 is 56.3 Å². The molecular formula is C25H25Cl2N3O4S. The highest BCUT2D eigenvalue weighted by Crippen LogP contribution is 2.38. The van der Waals surface area contributed by atoms with Gasteiger partial charge in [-0.1, -0.05) is 36.5 Å². The van der Waals surface area contributed by atoms with E-state index in [1.165, 1.54) is 18.2 Å². The van der Waals surface area contributed by atoms with E-state index in [1.54, 1.807) is 24.5 Å². The molecule has 0 bridgehead atoms. The summed E-state index contributed by atoms with van der Waals surface area (Å²) >= 11 is 12.2. The molecule has 0 spiro atoms. The predicted molar refractivity (Wildman–Crippen MR) is 138 cm³/mol. The zero-order valence-electron chi connectivity index (χ0n) is 19.2. The molecular weight excluding hydrogens is 509 g/mol. The average Bonchev–Trinajstić information content (AvgIpc) is 3.26. The first-order chi connectivity index (χ1) is 16.8. The fourth-order valence-electron chi connectivity index (χ4n) is 3.95. The van der Waals surface area contributed by atoms with Gasteiger partial charge < -0.3 is 9.64 Å². The van der Waals surface area contributed by atoms with Crippen LogP contribution in [0, 0.1) is 0 Å². The highest BCUT2D eigenvalue weighted by Gasteiger charge is 2.30. The molecule has 0 unspecified atom stereocenters. The van der Waals surface area contributed by atoms with Gasteiger partial charge in [-0.25, -0.2) is 8.42 Å². The van der Waals surface area contributed by atoms with E-state index in [0.717, 1.165) is 40.6 Å². The number of rotatable bonds is 9. The molecule has 0 radical (unpaired) electrons. The van der Waals surface area contributed by atoms with Gasteiger partial charge in [-0.05, 0) is 66.9 Å². The number of fused-ring (bicyclic) bond motifs is 1. The number of unbranched alkanes of at least 4 members (excludes halogenated alkanes) is 1. The number of anilines is 3. The lowest BCUT2D eigenvalue weighted by molar-refractivity contribution is -0.141. The summed E-state index contributed by atoms with van der Waals surface area (Å²) < 4.78 is 33.7. The van der Waals surface area contributed by atoms with Crippen LogP contribution < -0.4 is 9.21 Å². The smallest absolute Gasteiger partial charge is 0.326 e. The summed E-state index contributed by atoms with van der Waals surface area (Å²) in [6.07, 6.45) is 5.75. The van der Waals surface area contributed by atoms with E-state index in [1.807, 2.05) is 25.1 Å². The number of halogens is 2. The van der Waals surface area contributed by atoms with Crippen LogP contribution in [0.15, 0.2) is 65.8 Å². The van der Waals surface area contributed by atoms with Crippen LogP contribution in [0.4, 0.5) is 17.1 Å². The van der Waals surface area contributed by atoms with Crippen LogP contribution in [-0.2, 0) is 26.0 Å². The van der Waals surface area contributed by atoms with Crippen LogP contribution in [0.25, 0.3) is 0 Å². The Hall–Kier alpha value is -2.81. The number of sulfonamides is 1. The minimum atomic E-state index is -4.17. The highest BCUT2D eigenvalue weighted by atomic mass is 35.5. The molecule has 0 aliphatic carbocycles. The zero-order chi connectivity index (χ0) is 25.0. The number of carbonyl (C=O) groups is 1. The zero-order valence-corrected chi connectivity index (χ0v) is 21.5. The second-order valence-corrected chi connectivity index (χ2v) is 10.8. The molecule has 2 aromatic carbocycles. The van der Waals surface area contributed by atoms with Crippen molar-refractivity contribution < 1.29 is 17.9 Å². The summed E-state index contributed by atoms with van der Waals surface area (Å²) in [6, 6.07) is 13.3. The molecule has 10 heteroatoms. The normalized spacial score (nSPS) is 12.9. The summed E-state index contributed by atoms with van der Waals surface area (Å²) in [7, 11) is -4.17. The molecule has 35 heavy (non-hydrogen) atoms. The molecule has 1 aliphatic rings. The molecule has 0 amide bonds. The Morgan fingerprint density at radius 1 is 1.09 bits per heavy atom. The molecule has 7 nitrogen and oxygen atoms in total. The van der Waals surface area contributed by atoms with Crippen LogP contribution in [0.5, 0.6) is 0 Å². The lowest BCUT2D eigenvalue weighted by Crippen LogP contribution is -2.36. The Bertz CT molecular complexity index is 1300. The van der Waals surface area contributed by atoms with Crippen LogP contribution in [0.1, 0.15) is 25.3 Å². The van der Waals surface area contributed by atoms with Gasteiger partial charge in [0.15, 0.2) is 0 Å². The number of esters is 1. The number of carbonyl (C=O) groups excluding carboxylic acids is 1. The number of benzene rings is 2. The van der Waals surface area contributed by atoms with E-state index in [4.69, 9.17) is 27.9 Å². The third-order valence-corrected chi connectivity index (χ3v) is 7.87. The molecule has 3 aromatic rings. The molecule has 2 heterocycles. The molecule has 1 aliphatic heterocycles. The average molecular weight is 534 g/mol. The van der Waals surface area contributed by atoms with Gasteiger partial charge in [-0.15, -0.1) is 0 Å². The van der Waals surface area contributed by atoms with Gasteiger partial charge in [-0.2, -0.15) is 0 Å². The van der Waals surface area contributed by atoms with Crippen molar-refractivity contribution in [3.63, 3.8) is 0 Å². The largest absolute Gasteiger partial charge is 0.464 e. The SMILES string of the molecule is CCCCOC(=O)CN(c1ccc2c(c1)CCN2c1ccncc1)S(=O)(=O)c1cc(Cl)cc(Cl)c1. The number of hydrogen-bond donors (Lipinski definition) is 0. The third-order valence-electron chi connectivity index (χ3n) is 5.68. The molecule has 0 N–H and O–H groups in total. The van der Waals surface area contributed by atoms with Crippen LogP contribution in [0.2, 0.25) is 10.0 Å². The summed E-state index contributed by atoms with van der Waals surface area (Å²) in [5.74, 6) is -0.630. The van der Waals surface area contributed by atoms with Gasteiger partial charge in [-0.3, -0.25) is 14.1 Å². The van der Waals surface area contributed by atoms with Crippen LogP contribution >= 0.6 is 23.2 Å². The maximum absolute atomic E-state index is 13.7. The van der Waals surface area contributed by atoms with Crippen molar-refractivity contribution in [2.45, 2.75) is 31.1 Å². The number of pyridine rings is 1. The summed E-state index contributed by atoms with van der Waals surface area (Å²) in [5, 5.41) is 0.368. The van der Waals surface area contributed by atoms with Gasteiger partial charge in [0, 0.05) is 40.4 Å². The Labute approximate surface area is 215 Å². The predicted octanol–water partition coefficient (Wildman–Crippen LogP) is 5.62. The van der Waals surface area contributed by atoms with Crippen molar-refractivity contribution in [3.8, 4) is 0 Å². The lowest BCUT2D eigenvalue weighted by atomic mass is 10.1. The number of aromatic nitrogens is 1. The molecule has 0 saturated heterocycles. The van der Waals surface area contributed by atoms with E-state index in [-0.39, 0.29) is 21.5 Å². The van der Waals surface area contributed by atoms with Crippen LogP contribution in [0.3, 0.4) is 0 Å². The van der Waals surface area contributed by atoms with E-state index < -0.39 is 22.5 Å². The quantitative estimate of drug-likeness (QED) is 0.262. The van der Waals surface area contributed by atoms with Crippen molar-refractivity contribution in [2.24, 2.45) is 0 Å². The Balaban J connectivity index is 1.71. The monoisotopic (exact) mass is 533 g/mol. The topological polar surface area (TPSA) is 79.8 Å². The minimum Gasteiger partial charge on any atom is -0.464 e. The first-order valence-corrected chi connectivity index (χ1v) is 13.4. The number of ether oxygens (including phenoxy) is 1. The van der Waals surface area contributed by atoms with Gasteiger partial charge in [0.25, 0.3) is 10.0 Å². The van der Waals surface area contributed by atoms with Gasteiger partial charge >= 0.3 is 5.97 Å². The number of nitrogens with zero attached hydrogens (tertiary/aromatic N) is 3. The summed E-state index contributed by atoms with van der Waals surface area (Å²) in [4.78, 5) is 18.7. The van der Waals surface area contributed by atoms with E-state index in [0.29, 0.717) is 12.1 Å². The van der Waals surface area contributed by atoms with Crippen molar-refractivity contribution in [1.29, 1.82) is 0 Å². The fraction of sp³-hybridized carbons (Fsp3) is 0.280. The lowest BCUT2D eigenvalue weighted by Gasteiger charge is -2.25. The molecule has 0 fully saturated rings. The van der Waals surface area contributed by atoms with Crippen molar-refractivity contribution in [3.05, 3.63) is 76.5 Å². The standard InChI is InChI=1S/C25H25Cl2N3O4S/c1-2-3-12-34-25(31)17-30(35(32,33)23-15-19(26)14-20(27)16-23)22-4-5-24-18(13-22)8-11-29(24)21-6-9-28-10-7-21/h4-7,9-10,13-16H,2-3,8,11-12,17H2,1H3. The molecule has 184 valence electrons. The molecule has 0 atom stereocenters. The molecule has 1 aromatic heterocycles. The van der Waals surface area contributed by atoms with E-state index in [9.17, 15) is 13.2 Å². The highest BCUT2D eigenvalue weighted by molar-refractivity contribution is 7.92. The minimum absolute atomic E-state index is 0.102. The summed E-state index contributed by atoms with van der Waals surface area (Å²) in [6.45, 7) is 2.49. The van der Waals surface area contributed by atoms with Crippen molar-refractivity contribution in [1.82, 2.24) is 4.98 Å². The summed E-state index contributed by atoms with van der Waals surface area (Å²) in [5.41, 5.74) is 3.32. The Morgan fingerprint density at radius 2 is 1.80 bits per heavy atom. The van der Waals surface area contributed by atoms with E-state index in [2.05, 4.69) is 9.88 Å². The third kappa shape index (κ3) is 5.72. The van der Waals surface area contributed by atoms with Gasteiger partial charge in [0.1, 0.15) is 6.54 Å². The second-order valence-electron chi connectivity index (χ2n) is 8.11. The molecule has 0 saturated carbocycles. The van der Waals surface area contributed by atoms with Gasteiger partial charge in [0.05, 0.1) is 17.2 Å². The fourth-order valence-corrected chi connectivity index (χ4v) is 6.08. The Morgan fingerprint density at radius 3 is 2.49 bits per heavy atom. The molecule has 4 rings (SSSR count). The number of hydrogen-bond acceptors (Lipinski definition) is 6. The Kier molecular flexibility index (Phi) is 7.84. The van der Waals surface area contributed by atoms with E-state index >= 15 is 0 Å². The van der Waals surface area contributed by atoms with Crippen molar-refractivity contribution in [2.75, 3.05) is 28.9 Å². The van der Waals surface area contributed by atoms with Crippen LogP contribution in [-0.4, -0.2) is 39.1 Å². The first kappa shape index (κ1) is 25.3. The first-order valence-electron chi connectivity index (χ1n) is 11.2. The maximum Gasteiger partial charge on any atom is 0.326 e. The maximum atomic E-state index is 13.7. The van der Waals surface area contributed by atoms with Gasteiger partial charge in [0.2, 0.25) is 0 Å². The second kappa shape index (κ2) is 10.8.